The van der Waals surface area contributed by atoms with E-state index in [4.69, 9.17) is 4.55 Å². The molecule has 2 aromatic carbocycles. The molecule has 5 nitrogen and oxygen atoms in total. The minimum atomic E-state index is -4.56. The third-order valence-corrected chi connectivity index (χ3v) is 2.45. The number of rotatable bonds is 2. The van der Waals surface area contributed by atoms with Gasteiger partial charge in [-0.3, -0.25) is 4.55 Å². The molecule has 0 aromatic heterocycles. The summed E-state index contributed by atoms with van der Waals surface area (Å²) in [4.78, 5) is 0. The van der Waals surface area contributed by atoms with Crippen LogP contribution in [0.15, 0.2) is 36.4 Å². The Morgan fingerprint density at radius 3 is 2.25 bits per heavy atom. The second-order valence-corrected chi connectivity index (χ2v) is 4.16. The Morgan fingerprint density at radius 2 is 1.62 bits per heavy atom. The van der Waals surface area contributed by atoms with Crippen LogP contribution in [0.2, 0.25) is 0 Å². The summed E-state index contributed by atoms with van der Waals surface area (Å²) >= 11 is 0. The highest BCUT2D eigenvalue weighted by molar-refractivity contribution is 7.81. The van der Waals surface area contributed by atoms with Gasteiger partial charge in [-0.25, -0.2) is 0 Å². The van der Waals surface area contributed by atoms with E-state index in [9.17, 15) is 13.5 Å². The Morgan fingerprint density at radius 1 is 1.00 bits per heavy atom. The fourth-order valence-electron chi connectivity index (χ4n) is 1.44. The normalized spacial score (nSPS) is 11.6. The maximum absolute atomic E-state index is 10.6. The minimum Gasteiger partial charge on any atom is -0.507 e. The van der Waals surface area contributed by atoms with Crippen molar-refractivity contribution in [2.24, 2.45) is 0 Å². The molecule has 2 rings (SSSR count). The topological polar surface area (TPSA) is 83.8 Å². The van der Waals surface area contributed by atoms with Crippen molar-refractivity contribution in [3.63, 3.8) is 0 Å². The SMILES string of the molecule is O=S(=O)(O)Oc1ccc(O)c2ccccc12. The van der Waals surface area contributed by atoms with Crippen molar-refractivity contribution in [1.29, 1.82) is 0 Å². The standard InChI is InChI=1S/C10H8O5S/c11-9-5-6-10(15-16(12,13)14)8-4-2-1-3-7(8)9/h1-6,11H,(H,12,13,14). The molecule has 0 bridgehead atoms. The summed E-state index contributed by atoms with van der Waals surface area (Å²) < 4.78 is 34.2. The van der Waals surface area contributed by atoms with Gasteiger partial charge in [-0.1, -0.05) is 24.3 Å². The molecule has 0 aliphatic rings. The summed E-state index contributed by atoms with van der Waals surface area (Å²) in [6.45, 7) is 0. The van der Waals surface area contributed by atoms with Gasteiger partial charge >= 0.3 is 10.4 Å². The van der Waals surface area contributed by atoms with E-state index < -0.39 is 10.4 Å². The lowest BCUT2D eigenvalue weighted by Gasteiger charge is -2.06. The molecular weight excluding hydrogens is 232 g/mol. The molecule has 0 saturated heterocycles. The molecular formula is C10H8O5S. The van der Waals surface area contributed by atoms with Gasteiger partial charge in [0.1, 0.15) is 5.75 Å². The van der Waals surface area contributed by atoms with Gasteiger partial charge in [0.15, 0.2) is 5.75 Å². The van der Waals surface area contributed by atoms with Crippen molar-refractivity contribution in [3.05, 3.63) is 36.4 Å². The Labute approximate surface area is 91.9 Å². The summed E-state index contributed by atoms with van der Waals surface area (Å²) in [6.07, 6.45) is 0. The Hall–Kier alpha value is -1.79. The Kier molecular flexibility index (Phi) is 2.45. The predicted molar refractivity (Wildman–Crippen MR) is 57.8 cm³/mol. The average molecular weight is 240 g/mol. The maximum atomic E-state index is 10.6. The van der Waals surface area contributed by atoms with Crippen LogP contribution in [0.5, 0.6) is 11.5 Å². The predicted octanol–water partition coefficient (Wildman–Crippen LogP) is 1.73. The molecule has 0 unspecified atom stereocenters. The number of phenols is 1. The lowest BCUT2D eigenvalue weighted by molar-refractivity contribution is 0.388. The van der Waals surface area contributed by atoms with E-state index in [2.05, 4.69) is 4.18 Å². The van der Waals surface area contributed by atoms with Crippen LogP contribution in [0.1, 0.15) is 0 Å². The van der Waals surface area contributed by atoms with E-state index in [1.54, 1.807) is 24.3 Å². The monoisotopic (exact) mass is 240 g/mol. The molecule has 6 heteroatoms. The van der Waals surface area contributed by atoms with E-state index in [1.165, 1.54) is 12.1 Å². The molecule has 2 N–H and O–H groups in total. The summed E-state index contributed by atoms with van der Waals surface area (Å²) in [6, 6.07) is 9.11. The van der Waals surface area contributed by atoms with Crippen LogP contribution in [-0.4, -0.2) is 18.1 Å². The summed E-state index contributed by atoms with van der Waals surface area (Å²) in [5, 5.41) is 10.4. The van der Waals surface area contributed by atoms with E-state index >= 15 is 0 Å². The maximum Gasteiger partial charge on any atom is 0.446 e. The highest BCUT2D eigenvalue weighted by Gasteiger charge is 2.11. The van der Waals surface area contributed by atoms with Gasteiger partial charge in [0.2, 0.25) is 0 Å². The molecule has 0 saturated carbocycles. The van der Waals surface area contributed by atoms with E-state index in [-0.39, 0.29) is 11.5 Å². The lowest BCUT2D eigenvalue weighted by atomic mass is 10.1. The number of hydrogen-bond acceptors (Lipinski definition) is 4. The number of benzene rings is 2. The van der Waals surface area contributed by atoms with Crippen LogP contribution >= 0.6 is 0 Å². The quantitative estimate of drug-likeness (QED) is 0.781. The second-order valence-electron chi connectivity index (χ2n) is 3.14. The van der Waals surface area contributed by atoms with E-state index in [1.807, 2.05) is 0 Å². The molecule has 0 amide bonds. The molecule has 0 spiro atoms. The molecule has 0 fully saturated rings. The van der Waals surface area contributed by atoms with Crippen molar-refractivity contribution in [2.75, 3.05) is 0 Å². The third-order valence-electron chi connectivity index (χ3n) is 2.06. The molecule has 0 atom stereocenters. The van der Waals surface area contributed by atoms with Crippen LogP contribution in [-0.2, 0) is 10.4 Å². The van der Waals surface area contributed by atoms with Gasteiger partial charge in [0.25, 0.3) is 0 Å². The zero-order valence-corrected chi connectivity index (χ0v) is 8.81. The largest absolute Gasteiger partial charge is 0.507 e. The van der Waals surface area contributed by atoms with Crippen LogP contribution in [0, 0.1) is 0 Å². The Bertz CT molecular complexity index is 633. The van der Waals surface area contributed by atoms with Gasteiger partial charge in [0.05, 0.1) is 0 Å². The first-order chi connectivity index (χ1) is 7.47. The smallest absolute Gasteiger partial charge is 0.446 e. The first-order valence-electron chi connectivity index (χ1n) is 4.35. The van der Waals surface area contributed by atoms with E-state index in [0.29, 0.717) is 10.8 Å². The average Bonchev–Trinajstić information content (AvgIpc) is 2.21. The molecule has 84 valence electrons. The molecule has 2 aromatic rings. The van der Waals surface area contributed by atoms with Crippen LogP contribution in [0.4, 0.5) is 0 Å². The summed E-state index contributed by atoms with van der Waals surface area (Å²) in [5.41, 5.74) is 0. The zero-order chi connectivity index (χ0) is 11.8. The number of hydrogen-bond donors (Lipinski definition) is 2. The van der Waals surface area contributed by atoms with Gasteiger partial charge in [-0.05, 0) is 12.1 Å². The zero-order valence-electron chi connectivity index (χ0n) is 7.99. The van der Waals surface area contributed by atoms with Crippen molar-refractivity contribution in [3.8, 4) is 11.5 Å². The minimum absolute atomic E-state index is 0.0123. The first kappa shape index (κ1) is 10.7. The number of phenolic OH excluding ortho intramolecular Hbond substituents is 1. The van der Waals surface area contributed by atoms with Crippen molar-refractivity contribution >= 4 is 21.2 Å². The first-order valence-corrected chi connectivity index (χ1v) is 5.71. The third kappa shape index (κ3) is 2.07. The molecule has 0 aliphatic carbocycles. The fourth-order valence-corrected chi connectivity index (χ4v) is 1.81. The number of aromatic hydroxyl groups is 1. The molecule has 0 radical (unpaired) electrons. The molecule has 16 heavy (non-hydrogen) atoms. The second kappa shape index (κ2) is 3.66. The van der Waals surface area contributed by atoms with E-state index in [0.717, 1.165) is 0 Å². The molecule has 0 aliphatic heterocycles. The highest BCUT2D eigenvalue weighted by atomic mass is 32.3. The van der Waals surface area contributed by atoms with Gasteiger partial charge in [-0.15, -0.1) is 0 Å². The van der Waals surface area contributed by atoms with Crippen LogP contribution < -0.4 is 4.18 Å². The summed E-state index contributed by atoms with van der Waals surface area (Å²) in [7, 11) is -4.56. The van der Waals surface area contributed by atoms with Crippen LogP contribution in [0.25, 0.3) is 10.8 Å². The van der Waals surface area contributed by atoms with Crippen molar-refractivity contribution in [1.82, 2.24) is 0 Å². The Balaban J connectivity index is 2.68. The fraction of sp³-hybridized carbons (Fsp3) is 0. The number of fused-ring (bicyclic) bond motifs is 1. The van der Waals surface area contributed by atoms with Crippen LogP contribution in [0.3, 0.4) is 0 Å². The summed E-state index contributed by atoms with van der Waals surface area (Å²) in [5.74, 6) is -0.0193. The highest BCUT2D eigenvalue weighted by Crippen LogP contribution is 2.32. The van der Waals surface area contributed by atoms with Crippen molar-refractivity contribution in [2.45, 2.75) is 0 Å². The molecule has 0 heterocycles. The van der Waals surface area contributed by atoms with Crippen molar-refractivity contribution < 1.29 is 22.3 Å². The lowest BCUT2D eigenvalue weighted by Crippen LogP contribution is -2.06. The van der Waals surface area contributed by atoms with Gasteiger partial charge in [0, 0.05) is 10.8 Å². The van der Waals surface area contributed by atoms with Gasteiger partial charge in [-0.2, -0.15) is 8.42 Å². The van der Waals surface area contributed by atoms with Gasteiger partial charge < -0.3 is 9.29 Å².